The zero-order chi connectivity index (χ0) is 15.8. The van der Waals surface area contributed by atoms with Crippen LogP contribution in [0.5, 0.6) is 5.75 Å². The zero-order valence-corrected chi connectivity index (χ0v) is 14.0. The Labute approximate surface area is 139 Å². The summed E-state index contributed by atoms with van der Waals surface area (Å²) in [7, 11) is 0. The maximum absolute atomic E-state index is 11.9. The number of nitrogens with one attached hydrogen (secondary N) is 2. The van der Waals surface area contributed by atoms with E-state index < -0.39 is 0 Å². The summed E-state index contributed by atoms with van der Waals surface area (Å²) in [5.74, 6) is 0.765. The minimum absolute atomic E-state index is 0.225. The van der Waals surface area contributed by atoms with Gasteiger partial charge < -0.3 is 15.4 Å². The molecular formula is C17H19BrN2O2. The SMILES string of the molecule is CCc1ccccc1NC(=O)NCCOc1ccccc1Br. The maximum Gasteiger partial charge on any atom is 0.319 e. The van der Waals surface area contributed by atoms with Crippen molar-refractivity contribution < 1.29 is 9.53 Å². The molecule has 0 spiro atoms. The Morgan fingerprint density at radius 2 is 1.86 bits per heavy atom. The molecule has 0 saturated heterocycles. The lowest BCUT2D eigenvalue weighted by Gasteiger charge is -2.12. The molecule has 0 saturated carbocycles. The second-order valence-corrected chi connectivity index (χ2v) is 5.52. The lowest BCUT2D eigenvalue weighted by Crippen LogP contribution is -2.32. The van der Waals surface area contributed by atoms with Crippen molar-refractivity contribution in [2.75, 3.05) is 18.5 Å². The molecule has 0 bridgehead atoms. The van der Waals surface area contributed by atoms with Gasteiger partial charge in [-0.15, -0.1) is 0 Å². The third-order valence-electron chi connectivity index (χ3n) is 3.13. The first-order chi connectivity index (χ1) is 10.7. The summed E-state index contributed by atoms with van der Waals surface area (Å²) in [5, 5.41) is 5.64. The average Bonchev–Trinajstić information content (AvgIpc) is 2.53. The molecule has 0 aromatic heterocycles. The number of hydrogen-bond donors (Lipinski definition) is 2. The first-order valence-electron chi connectivity index (χ1n) is 7.20. The number of ether oxygens (including phenoxy) is 1. The molecule has 4 nitrogen and oxygen atoms in total. The first kappa shape index (κ1) is 16.4. The van der Waals surface area contributed by atoms with Crippen LogP contribution in [0.2, 0.25) is 0 Å². The Morgan fingerprint density at radius 3 is 2.64 bits per heavy atom. The van der Waals surface area contributed by atoms with E-state index >= 15 is 0 Å². The highest BCUT2D eigenvalue weighted by atomic mass is 79.9. The second kappa shape index (κ2) is 8.44. The predicted molar refractivity (Wildman–Crippen MR) is 92.5 cm³/mol. The summed E-state index contributed by atoms with van der Waals surface area (Å²) < 4.78 is 6.49. The fourth-order valence-corrected chi connectivity index (χ4v) is 2.40. The van der Waals surface area contributed by atoms with Crippen LogP contribution in [-0.2, 0) is 6.42 Å². The predicted octanol–water partition coefficient (Wildman–Crippen LogP) is 4.21. The van der Waals surface area contributed by atoms with Crippen molar-refractivity contribution in [3.05, 3.63) is 58.6 Å². The van der Waals surface area contributed by atoms with Crippen molar-refractivity contribution in [1.82, 2.24) is 5.32 Å². The topological polar surface area (TPSA) is 50.4 Å². The molecular weight excluding hydrogens is 344 g/mol. The number of para-hydroxylation sites is 2. The van der Waals surface area contributed by atoms with Gasteiger partial charge in [0.1, 0.15) is 12.4 Å². The molecule has 0 aliphatic rings. The van der Waals surface area contributed by atoms with Crippen LogP contribution < -0.4 is 15.4 Å². The molecule has 2 N–H and O–H groups in total. The molecule has 0 heterocycles. The van der Waals surface area contributed by atoms with Crippen molar-refractivity contribution >= 4 is 27.6 Å². The highest BCUT2D eigenvalue weighted by Crippen LogP contribution is 2.23. The molecule has 0 fully saturated rings. The van der Waals surface area contributed by atoms with Crippen LogP contribution in [0.25, 0.3) is 0 Å². The molecule has 0 radical (unpaired) electrons. The van der Waals surface area contributed by atoms with Gasteiger partial charge in [0.25, 0.3) is 0 Å². The lowest BCUT2D eigenvalue weighted by atomic mass is 10.1. The fraction of sp³-hybridized carbons (Fsp3) is 0.235. The van der Waals surface area contributed by atoms with Crippen molar-refractivity contribution in [2.24, 2.45) is 0 Å². The van der Waals surface area contributed by atoms with Gasteiger partial charge in [-0.1, -0.05) is 37.3 Å². The van der Waals surface area contributed by atoms with Gasteiger partial charge in [-0.25, -0.2) is 4.79 Å². The molecule has 22 heavy (non-hydrogen) atoms. The van der Waals surface area contributed by atoms with Gasteiger partial charge in [0.2, 0.25) is 0 Å². The normalized spacial score (nSPS) is 10.1. The number of carbonyl (C=O) groups excluding carboxylic acids is 1. The molecule has 2 aromatic rings. The minimum atomic E-state index is -0.225. The summed E-state index contributed by atoms with van der Waals surface area (Å²) in [4.78, 5) is 11.9. The Kier molecular flexibility index (Phi) is 6.27. The average molecular weight is 363 g/mol. The summed E-state index contributed by atoms with van der Waals surface area (Å²) in [6.45, 7) is 2.90. The van der Waals surface area contributed by atoms with E-state index in [0.29, 0.717) is 13.2 Å². The molecule has 5 heteroatoms. The maximum atomic E-state index is 11.9. The summed E-state index contributed by atoms with van der Waals surface area (Å²) >= 11 is 3.41. The van der Waals surface area contributed by atoms with Crippen molar-refractivity contribution in [1.29, 1.82) is 0 Å². The molecule has 2 amide bonds. The third-order valence-corrected chi connectivity index (χ3v) is 3.78. The molecule has 0 aliphatic carbocycles. The van der Waals surface area contributed by atoms with E-state index in [0.717, 1.165) is 27.9 Å². The van der Waals surface area contributed by atoms with Crippen LogP contribution >= 0.6 is 15.9 Å². The number of anilines is 1. The zero-order valence-electron chi connectivity index (χ0n) is 12.4. The molecule has 2 aromatic carbocycles. The number of carbonyl (C=O) groups is 1. The molecule has 116 valence electrons. The Bertz CT molecular complexity index is 632. The second-order valence-electron chi connectivity index (χ2n) is 4.67. The van der Waals surface area contributed by atoms with Gasteiger partial charge in [0.05, 0.1) is 11.0 Å². The van der Waals surface area contributed by atoms with Gasteiger partial charge in [0, 0.05) is 5.69 Å². The van der Waals surface area contributed by atoms with Crippen LogP contribution in [0.1, 0.15) is 12.5 Å². The highest BCUT2D eigenvalue weighted by molar-refractivity contribution is 9.10. The van der Waals surface area contributed by atoms with E-state index in [1.807, 2.05) is 48.5 Å². The van der Waals surface area contributed by atoms with Crippen LogP contribution in [0.15, 0.2) is 53.0 Å². The van der Waals surface area contributed by atoms with Crippen LogP contribution in [-0.4, -0.2) is 19.2 Å². The molecule has 0 atom stereocenters. The Morgan fingerprint density at radius 1 is 1.14 bits per heavy atom. The Hall–Kier alpha value is -2.01. The standard InChI is InChI=1S/C17H19BrN2O2/c1-2-13-7-3-5-9-15(13)20-17(21)19-11-12-22-16-10-6-4-8-14(16)18/h3-10H,2,11-12H2,1H3,(H2,19,20,21). The lowest BCUT2D eigenvalue weighted by molar-refractivity contribution is 0.247. The van der Waals surface area contributed by atoms with E-state index in [1.165, 1.54) is 0 Å². The smallest absolute Gasteiger partial charge is 0.319 e. The van der Waals surface area contributed by atoms with Crippen LogP contribution in [0, 0.1) is 0 Å². The minimum Gasteiger partial charge on any atom is -0.491 e. The van der Waals surface area contributed by atoms with Gasteiger partial charge in [0.15, 0.2) is 0 Å². The number of halogens is 1. The van der Waals surface area contributed by atoms with E-state index in [1.54, 1.807) is 0 Å². The van der Waals surface area contributed by atoms with Crippen molar-refractivity contribution in [3.8, 4) is 5.75 Å². The van der Waals surface area contributed by atoms with Crippen molar-refractivity contribution in [3.63, 3.8) is 0 Å². The van der Waals surface area contributed by atoms with E-state index in [9.17, 15) is 4.79 Å². The fourth-order valence-electron chi connectivity index (χ4n) is 2.00. The van der Waals surface area contributed by atoms with E-state index in [4.69, 9.17) is 4.74 Å². The number of amides is 2. The van der Waals surface area contributed by atoms with Gasteiger partial charge in [-0.3, -0.25) is 0 Å². The number of rotatable bonds is 6. The monoisotopic (exact) mass is 362 g/mol. The Balaban J connectivity index is 1.75. The summed E-state index contributed by atoms with van der Waals surface area (Å²) in [6, 6.07) is 15.2. The number of benzene rings is 2. The molecule has 0 unspecified atom stereocenters. The van der Waals surface area contributed by atoms with Crippen LogP contribution in [0.4, 0.5) is 10.5 Å². The molecule has 0 aliphatic heterocycles. The first-order valence-corrected chi connectivity index (χ1v) is 8.00. The van der Waals surface area contributed by atoms with E-state index in [2.05, 4.69) is 33.5 Å². The largest absolute Gasteiger partial charge is 0.491 e. The molecule has 2 rings (SSSR count). The van der Waals surface area contributed by atoms with Gasteiger partial charge >= 0.3 is 6.03 Å². The van der Waals surface area contributed by atoms with Gasteiger partial charge in [-0.05, 0) is 46.1 Å². The van der Waals surface area contributed by atoms with Crippen molar-refractivity contribution in [2.45, 2.75) is 13.3 Å². The number of hydrogen-bond acceptors (Lipinski definition) is 2. The van der Waals surface area contributed by atoms with Crippen LogP contribution in [0.3, 0.4) is 0 Å². The quantitative estimate of drug-likeness (QED) is 0.756. The number of urea groups is 1. The highest BCUT2D eigenvalue weighted by Gasteiger charge is 2.05. The summed E-state index contributed by atoms with van der Waals surface area (Å²) in [6.07, 6.45) is 0.877. The number of aryl methyl sites for hydroxylation is 1. The van der Waals surface area contributed by atoms with Gasteiger partial charge in [-0.2, -0.15) is 0 Å². The summed E-state index contributed by atoms with van der Waals surface area (Å²) in [5.41, 5.74) is 1.95. The van der Waals surface area contributed by atoms with E-state index in [-0.39, 0.29) is 6.03 Å². The third kappa shape index (κ3) is 4.77.